The second kappa shape index (κ2) is 5.30. The number of rotatable bonds is 4. The van der Waals surface area contributed by atoms with Crippen LogP contribution in [0.4, 0.5) is 5.82 Å². The summed E-state index contributed by atoms with van der Waals surface area (Å²) in [4.78, 5) is 4.57. The number of benzene rings is 1. The first-order valence-corrected chi connectivity index (χ1v) is 8.61. The molecule has 0 spiro atoms. The fourth-order valence-corrected chi connectivity index (χ4v) is 3.57. The van der Waals surface area contributed by atoms with Gasteiger partial charge in [-0.2, -0.15) is 15.5 Å². The second-order valence-corrected chi connectivity index (χ2v) is 7.12. The van der Waals surface area contributed by atoms with Crippen molar-refractivity contribution >= 4 is 27.6 Å². The molecule has 7 heteroatoms. The highest BCUT2D eigenvalue weighted by molar-refractivity contribution is 6.08. The van der Waals surface area contributed by atoms with E-state index in [1.54, 1.807) is 6.20 Å². The maximum absolute atomic E-state index is 9.03. The quantitative estimate of drug-likeness (QED) is 0.591. The lowest BCUT2D eigenvalue weighted by molar-refractivity contribution is 0.407. The number of pyridine rings is 1. The predicted octanol–water partition coefficient (Wildman–Crippen LogP) is 3.25. The minimum absolute atomic E-state index is 0.0859. The van der Waals surface area contributed by atoms with Crippen LogP contribution in [-0.2, 0) is 6.54 Å². The van der Waals surface area contributed by atoms with E-state index in [0.29, 0.717) is 12.2 Å². The Hall–Kier alpha value is -3.40. The van der Waals surface area contributed by atoms with E-state index < -0.39 is 0 Å². The molecule has 0 aliphatic heterocycles. The largest absolute Gasteiger partial charge is 0.383 e. The number of fused-ring (bicyclic) bond motifs is 3. The van der Waals surface area contributed by atoms with E-state index in [2.05, 4.69) is 21.3 Å². The van der Waals surface area contributed by atoms with Gasteiger partial charge in [0.1, 0.15) is 11.3 Å². The van der Waals surface area contributed by atoms with Gasteiger partial charge in [-0.1, -0.05) is 6.07 Å². The number of hydrogen-bond donors (Lipinski definition) is 2. The van der Waals surface area contributed by atoms with Gasteiger partial charge in [-0.15, -0.1) is 0 Å². The fourth-order valence-electron chi connectivity index (χ4n) is 3.57. The van der Waals surface area contributed by atoms with Crippen LogP contribution in [0.3, 0.4) is 0 Å². The molecule has 5 rings (SSSR count). The Morgan fingerprint density at radius 1 is 1.27 bits per heavy atom. The van der Waals surface area contributed by atoms with E-state index in [-0.39, 0.29) is 5.41 Å². The average molecular weight is 343 g/mol. The number of nitrogens with one attached hydrogen (secondary N) is 1. The summed E-state index contributed by atoms with van der Waals surface area (Å²) in [6, 6.07) is 10.3. The first-order chi connectivity index (χ1) is 12.7. The minimum atomic E-state index is 0.0859. The Balaban J connectivity index is 1.62. The van der Waals surface area contributed by atoms with Crippen LogP contribution >= 0.6 is 0 Å². The van der Waals surface area contributed by atoms with Crippen molar-refractivity contribution < 1.29 is 0 Å². The van der Waals surface area contributed by atoms with Crippen molar-refractivity contribution in [2.75, 3.05) is 5.73 Å². The lowest BCUT2D eigenvalue weighted by Crippen LogP contribution is -2.11. The van der Waals surface area contributed by atoms with Gasteiger partial charge in [0.25, 0.3) is 0 Å². The van der Waals surface area contributed by atoms with Crippen LogP contribution in [0.5, 0.6) is 0 Å². The maximum Gasteiger partial charge on any atom is 0.135 e. The zero-order chi connectivity index (χ0) is 17.7. The SMILES string of the molecule is N#CCC1(Cn2cc3c(N)nc4cc(-c5ccn[nH]5)ccc4c3n2)CC1. The molecule has 1 saturated carbocycles. The molecule has 128 valence electrons. The first kappa shape index (κ1) is 14.9. The zero-order valence-electron chi connectivity index (χ0n) is 14.1. The zero-order valence-corrected chi connectivity index (χ0v) is 14.1. The van der Waals surface area contributed by atoms with Crippen LogP contribution in [0.15, 0.2) is 36.7 Å². The molecule has 0 saturated heterocycles. The number of nitrogens with zero attached hydrogens (tertiary/aromatic N) is 5. The number of nitrogens with two attached hydrogens (primary N) is 1. The summed E-state index contributed by atoms with van der Waals surface area (Å²) in [5, 5.41) is 22.6. The number of H-pyrrole nitrogens is 1. The number of aromatic amines is 1. The number of aromatic nitrogens is 5. The van der Waals surface area contributed by atoms with E-state index in [0.717, 1.165) is 52.4 Å². The molecule has 1 fully saturated rings. The molecular weight excluding hydrogens is 326 g/mol. The lowest BCUT2D eigenvalue weighted by Gasteiger charge is -2.09. The number of nitriles is 1. The van der Waals surface area contributed by atoms with Gasteiger partial charge in [-0.25, -0.2) is 4.98 Å². The standard InChI is InChI=1S/C19H17N7/c20-7-6-19(4-5-19)11-26-10-14-17(25-26)13-2-1-12(15-3-8-22-24-15)9-16(13)23-18(14)21/h1-3,8-10H,4-6,11H2,(H2,21,23)(H,22,24). The van der Waals surface area contributed by atoms with Crippen molar-refractivity contribution in [2.24, 2.45) is 5.41 Å². The average Bonchev–Trinajstić information content (AvgIpc) is 3.03. The first-order valence-electron chi connectivity index (χ1n) is 8.61. The molecule has 1 aliphatic carbocycles. The highest BCUT2D eigenvalue weighted by atomic mass is 15.3. The third-order valence-electron chi connectivity index (χ3n) is 5.25. The topological polar surface area (TPSA) is 109 Å². The van der Waals surface area contributed by atoms with Crippen molar-refractivity contribution in [3.05, 3.63) is 36.7 Å². The molecule has 0 atom stereocenters. The summed E-state index contributed by atoms with van der Waals surface area (Å²) >= 11 is 0. The van der Waals surface area contributed by atoms with Crippen LogP contribution in [0.2, 0.25) is 0 Å². The number of anilines is 1. The highest BCUT2D eigenvalue weighted by Gasteiger charge is 2.43. The smallest absolute Gasteiger partial charge is 0.135 e. The Morgan fingerprint density at radius 3 is 2.88 bits per heavy atom. The molecule has 0 radical (unpaired) electrons. The summed E-state index contributed by atoms with van der Waals surface area (Å²) in [6.07, 6.45) is 6.42. The van der Waals surface area contributed by atoms with Crippen LogP contribution < -0.4 is 5.73 Å². The van der Waals surface area contributed by atoms with Gasteiger partial charge in [0.05, 0.1) is 22.7 Å². The van der Waals surface area contributed by atoms with E-state index in [4.69, 9.17) is 16.1 Å². The summed E-state index contributed by atoms with van der Waals surface area (Å²) in [6.45, 7) is 0.752. The monoisotopic (exact) mass is 343 g/mol. The fraction of sp³-hybridized carbons (Fsp3) is 0.263. The predicted molar refractivity (Wildman–Crippen MR) is 98.9 cm³/mol. The summed E-state index contributed by atoms with van der Waals surface area (Å²) in [5.74, 6) is 0.477. The molecular formula is C19H17N7. The lowest BCUT2D eigenvalue weighted by atomic mass is 10.0. The van der Waals surface area contributed by atoms with Crippen LogP contribution in [0, 0.1) is 16.7 Å². The normalized spacial score (nSPS) is 15.3. The Kier molecular flexibility index (Phi) is 3.04. The maximum atomic E-state index is 9.03. The highest BCUT2D eigenvalue weighted by Crippen LogP contribution is 2.50. The van der Waals surface area contributed by atoms with E-state index in [1.807, 2.05) is 35.1 Å². The number of nitrogen functional groups attached to an aromatic ring is 1. The van der Waals surface area contributed by atoms with E-state index in [9.17, 15) is 0 Å². The van der Waals surface area contributed by atoms with Gasteiger partial charge in [-0.05, 0) is 31.0 Å². The van der Waals surface area contributed by atoms with Crippen molar-refractivity contribution in [3.8, 4) is 17.3 Å². The Morgan fingerprint density at radius 2 is 2.15 bits per heavy atom. The van der Waals surface area contributed by atoms with Gasteiger partial charge in [0.2, 0.25) is 0 Å². The molecule has 26 heavy (non-hydrogen) atoms. The Labute approximate surface area is 149 Å². The van der Waals surface area contributed by atoms with Crippen LogP contribution in [0.1, 0.15) is 19.3 Å². The molecule has 0 unspecified atom stereocenters. The van der Waals surface area contributed by atoms with Crippen LogP contribution in [0.25, 0.3) is 33.1 Å². The van der Waals surface area contributed by atoms with Crippen molar-refractivity contribution in [2.45, 2.75) is 25.8 Å². The molecule has 3 heterocycles. The molecule has 0 amide bonds. The van der Waals surface area contributed by atoms with Gasteiger partial charge in [0, 0.05) is 41.7 Å². The molecule has 0 bridgehead atoms. The number of hydrogen-bond acceptors (Lipinski definition) is 5. The van der Waals surface area contributed by atoms with E-state index >= 15 is 0 Å². The summed E-state index contributed by atoms with van der Waals surface area (Å²) < 4.78 is 1.93. The van der Waals surface area contributed by atoms with Crippen molar-refractivity contribution in [3.63, 3.8) is 0 Å². The van der Waals surface area contributed by atoms with Crippen LogP contribution in [-0.4, -0.2) is 25.0 Å². The molecule has 3 aromatic heterocycles. The third-order valence-corrected chi connectivity index (χ3v) is 5.25. The molecule has 1 aromatic carbocycles. The third kappa shape index (κ3) is 2.30. The molecule has 1 aliphatic rings. The van der Waals surface area contributed by atoms with E-state index in [1.165, 1.54) is 0 Å². The van der Waals surface area contributed by atoms with Gasteiger partial charge in [-0.3, -0.25) is 9.78 Å². The minimum Gasteiger partial charge on any atom is -0.383 e. The van der Waals surface area contributed by atoms with Crippen molar-refractivity contribution in [1.29, 1.82) is 5.26 Å². The molecule has 7 nitrogen and oxygen atoms in total. The van der Waals surface area contributed by atoms with Crippen molar-refractivity contribution in [1.82, 2.24) is 25.0 Å². The van der Waals surface area contributed by atoms with Gasteiger partial charge < -0.3 is 5.73 Å². The molecule has 3 N–H and O–H groups in total. The molecule has 4 aromatic rings. The van der Waals surface area contributed by atoms with Gasteiger partial charge in [0.15, 0.2) is 0 Å². The van der Waals surface area contributed by atoms with Gasteiger partial charge >= 0.3 is 0 Å². The summed E-state index contributed by atoms with van der Waals surface area (Å²) in [7, 11) is 0. The second-order valence-electron chi connectivity index (χ2n) is 7.12. The summed E-state index contributed by atoms with van der Waals surface area (Å²) in [5.41, 5.74) is 9.90. The Bertz CT molecular complexity index is 1160.